The molecular weight excluding hydrogens is 378 g/mol. The number of aromatic nitrogens is 2. The molecule has 3 rings (SSSR count). The number of anilines is 2. The van der Waals surface area contributed by atoms with Gasteiger partial charge in [0.2, 0.25) is 11.6 Å². The maximum absolute atomic E-state index is 12.5. The van der Waals surface area contributed by atoms with E-state index in [9.17, 15) is 14.9 Å². The number of nitro groups is 1. The molecule has 0 radical (unpaired) electrons. The summed E-state index contributed by atoms with van der Waals surface area (Å²) in [6, 6.07) is 8.52. The van der Waals surface area contributed by atoms with Crippen LogP contribution in [0.5, 0.6) is 0 Å². The van der Waals surface area contributed by atoms with Crippen molar-refractivity contribution < 1.29 is 19.2 Å². The first-order valence-corrected chi connectivity index (χ1v) is 9.39. The summed E-state index contributed by atoms with van der Waals surface area (Å²) in [6.45, 7) is 3.82. The molecule has 2 aromatic rings. The van der Waals surface area contributed by atoms with Crippen molar-refractivity contribution in [3.8, 4) is 0 Å². The van der Waals surface area contributed by atoms with Crippen molar-refractivity contribution in [2.45, 2.75) is 19.4 Å². The molecule has 1 aliphatic rings. The van der Waals surface area contributed by atoms with E-state index >= 15 is 0 Å². The first kappa shape index (κ1) is 20.5. The van der Waals surface area contributed by atoms with Crippen LogP contribution in [0.2, 0.25) is 0 Å². The first-order chi connectivity index (χ1) is 14.1. The van der Waals surface area contributed by atoms with E-state index in [2.05, 4.69) is 15.3 Å². The van der Waals surface area contributed by atoms with Crippen molar-refractivity contribution in [3.63, 3.8) is 0 Å². The summed E-state index contributed by atoms with van der Waals surface area (Å²) >= 11 is 0. The van der Waals surface area contributed by atoms with Gasteiger partial charge in [-0.1, -0.05) is 30.3 Å². The lowest BCUT2D eigenvalue weighted by atomic mass is 10.1. The minimum atomic E-state index is -0.830. The zero-order valence-corrected chi connectivity index (χ0v) is 16.1. The molecule has 0 spiro atoms. The zero-order valence-electron chi connectivity index (χ0n) is 16.1. The van der Waals surface area contributed by atoms with Crippen molar-refractivity contribution in [1.82, 2.24) is 9.97 Å². The van der Waals surface area contributed by atoms with Crippen LogP contribution in [-0.2, 0) is 20.7 Å². The van der Waals surface area contributed by atoms with Crippen LogP contribution >= 0.6 is 0 Å². The van der Waals surface area contributed by atoms with Gasteiger partial charge >= 0.3 is 11.7 Å². The third-order valence-electron chi connectivity index (χ3n) is 4.46. The maximum atomic E-state index is 12.5. The number of morpholine rings is 1. The third kappa shape index (κ3) is 5.17. The second-order valence-electron chi connectivity index (χ2n) is 6.39. The summed E-state index contributed by atoms with van der Waals surface area (Å²) in [4.78, 5) is 33.7. The average molecular weight is 401 g/mol. The molecule has 1 aliphatic heterocycles. The number of hydrogen-bond donors (Lipinski definition) is 1. The van der Waals surface area contributed by atoms with Crippen LogP contribution in [0, 0.1) is 10.1 Å². The molecule has 1 aromatic heterocycles. The van der Waals surface area contributed by atoms with Crippen molar-refractivity contribution in [2.75, 3.05) is 43.1 Å². The highest BCUT2D eigenvalue weighted by Crippen LogP contribution is 2.32. The van der Waals surface area contributed by atoms with E-state index in [1.165, 1.54) is 6.33 Å². The van der Waals surface area contributed by atoms with E-state index < -0.39 is 16.9 Å². The summed E-state index contributed by atoms with van der Waals surface area (Å²) in [7, 11) is 0. The predicted molar refractivity (Wildman–Crippen MR) is 106 cm³/mol. The first-order valence-electron chi connectivity index (χ1n) is 9.39. The van der Waals surface area contributed by atoms with Crippen LogP contribution < -0.4 is 10.2 Å². The van der Waals surface area contributed by atoms with Crippen molar-refractivity contribution in [2.24, 2.45) is 0 Å². The Bertz CT molecular complexity index is 842. The molecule has 0 unspecified atom stereocenters. The van der Waals surface area contributed by atoms with Crippen LogP contribution in [0.4, 0.5) is 17.3 Å². The Balaban J connectivity index is 1.91. The largest absolute Gasteiger partial charge is 0.464 e. The number of esters is 1. The number of carbonyl (C=O) groups excluding carboxylic acids is 1. The number of nitrogens with one attached hydrogen (secondary N) is 1. The van der Waals surface area contributed by atoms with E-state index in [1.54, 1.807) is 11.8 Å². The minimum absolute atomic E-state index is 0.0134. The second-order valence-corrected chi connectivity index (χ2v) is 6.39. The molecule has 1 fully saturated rings. The summed E-state index contributed by atoms with van der Waals surface area (Å²) in [6.07, 6.45) is 1.55. The number of nitrogens with zero attached hydrogens (tertiary/aromatic N) is 4. The lowest BCUT2D eigenvalue weighted by Crippen LogP contribution is -2.38. The van der Waals surface area contributed by atoms with Crippen LogP contribution in [0.3, 0.4) is 0 Å². The summed E-state index contributed by atoms with van der Waals surface area (Å²) < 4.78 is 10.5. The Kier molecular flexibility index (Phi) is 6.90. The monoisotopic (exact) mass is 401 g/mol. The fourth-order valence-electron chi connectivity index (χ4n) is 3.10. The molecule has 0 aliphatic carbocycles. The van der Waals surface area contributed by atoms with Gasteiger partial charge in [-0.05, 0) is 12.5 Å². The quantitative estimate of drug-likeness (QED) is 0.401. The van der Waals surface area contributed by atoms with Crippen molar-refractivity contribution >= 4 is 23.3 Å². The fourth-order valence-corrected chi connectivity index (χ4v) is 3.10. The van der Waals surface area contributed by atoms with E-state index in [0.717, 1.165) is 5.56 Å². The molecule has 0 bridgehead atoms. The molecule has 1 N–H and O–H groups in total. The van der Waals surface area contributed by atoms with Gasteiger partial charge in [-0.2, -0.15) is 0 Å². The van der Waals surface area contributed by atoms with Crippen LogP contribution in [0.15, 0.2) is 36.7 Å². The Morgan fingerprint density at radius 2 is 2.03 bits per heavy atom. The van der Waals surface area contributed by atoms with Crippen LogP contribution in [-0.4, -0.2) is 59.8 Å². The van der Waals surface area contributed by atoms with Gasteiger partial charge in [-0.3, -0.25) is 10.1 Å². The van der Waals surface area contributed by atoms with Gasteiger partial charge in [0.1, 0.15) is 12.4 Å². The standard InChI is InChI=1S/C19H23N5O5/c1-2-29-19(25)15(12-14-6-4-3-5-7-14)22-17-16(24(26)27)18(21-13-20-17)23-8-10-28-11-9-23/h3-7,13,15H,2,8-12H2,1H3,(H,20,21,22)/t15-/m0/s1. The highest BCUT2D eigenvalue weighted by atomic mass is 16.6. The van der Waals surface area contributed by atoms with Gasteiger partial charge in [0.05, 0.1) is 24.7 Å². The normalized spacial score (nSPS) is 14.9. The number of carbonyl (C=O) groups is 1. The molecule has 29 heavy (non-hydrogen) atoms. The SMILES string of the molecule is CCOC(=O)[C@H](Cc1ccccc1)Nc1ncnc(N2CCOCC2)c1[N+](=O)[O-]. The molecule has 1 aromatic carbocycles. The minimum Gasteiger partial charge on any atom is -0.464 e. The van der Waals surface area contributed by atoms with Gasteiger partial charge in [0.25, 0.3) is 0 Å². The molecule has 154 valence electrons. The van der Waals surface area contributed by atoms with Crippen LogP contribution in [0.1, 0.15) is 12.5 Å². The van der Waals surface area contributed by atoms with E-state index in [4.69, 9.17) is 9.47 Å². The van der Waals surface area contributed by atoms with Gasteiger partial charge in [0, 0.05) is 19.5 Å². The molecule has 10 heteroatoms. The Labute approximate surface area is 168 Å². The number of ether oxygens (including phenoxy) is 2. The highest BCUT2D eigenvalue weighted by molar-refractivity contribution is 5.81. The fraction of sp³-hybridized carbons (Fsp3) is 0.421. The topological polar surface area (TPSA) is 120 Å². The lowest BCUT2D eigenvalue weighted by molar-refractivity contribution is -0.383. The smallest absolute Gasteiger partial charge is 0.353 e. The summed E-state index contributed by atoms with van der Waals surface area (Å²) in [5.41, 5.74) is 0.625. The lowest BCUT2D eigenvalue weighted by Gasteiger charge is -2.27. The van der Waals surface area contributed by atoms with Crippen molar-refractivity contribution in [1.29, 1.82) is 0 Å². The molecule has 0 saturated carbocycles. The molecular formula is C19H23N5O5. The average Bonchev–Trinajstić information content (AvgIpc) is 2.74. The molecule has 1 atom stereocenters. The number of hydrogen-bond acceptors (Lipinski definition) is 9. The maximum Gasteiger partial charge on any atom is 0.353 e. The molecule has 2 heterocycles. The Hall–Kier alpha value is -3.27. The summed E-state index contributed by atoms with van der Waals surface area (Å²) in [5, 5.41) is 14.7. The van der Waals surface area contributed by atoms with Gasteiger partial charge in [0.15, 0.2) is 0 Å². The van der Waals surface area contributed by atoms with E-state index in [0.29, 0.717) is 32.7 Å². The number of rotatable bonds is 8. The van der Waals surface area contributed by atoms with E-state index in [1.807, 2.05) is 30.3 Å². The molecule has 0 amide bonds. The highest BCUT2D eigenvalue weighted by Gasteiger charge is 2.31. The van der Waals surface area contributed by atoms with Gasteiger partial charge in [-0.15, -0.1) is 0 Å². The second kappa shape index (κ2) is 9.78. The van der Waals surface area contributed by atoms with E-state index in [-0.39, 0.29) is 23.9 Å². The third-order valence-corrected chi connectivity index (χ3v) is 4.46. The Morgan fingerprint density at radius 1 is 1.31 bits per heavy atom. The van der Waals surface area contributed by atoms with Gasteiger partial charge in [-0.25, -0.2) is 14.8 Å². The number of benzene rings is 1. The van der Waals surface area contributed by atoms with Crippen LogP contribution in [0.25, 0.3) is 0 Å². The summed E-state index contributed by atoms with van der Waals surface area (Å²) in [5.74, 6) is -0.309. The Morgan fingerprint density at radius 3 is 2.69 bits per heavy atom. The predicted octanol–water partition coefficient (Wildman–Crippen LogP) is 1.81. The molecule has 10 nitrogen and oxygen atoms in total. The molecule has 1 saturated heterocycles. The van der Waals surface area contributed by atoms with Gasteiger partial charge < -0.3 is 19.7 Å². The zero-order chi connectivity index (χ0) is 20.6. The van der Waals surface area contributed by atoms with Crippen molar-refractivity contribution in [3.05, 3.63) is 52.3 Å².